The maximum absolute atomic E-state index is 13.9. The number of allylic oxidation sites excluding steroid dienone is 5. The van der Waals surface area contributed by atoms with Gasteiger partial charge in [-0.2, -0.15) is 18.4 Å². The molecule has 3 aromatic rings. The molecule has 0 aliphatic heterocycles. The number of hydrogen-bond donors (Lipinski definition) is 0. The molecular formula is C34H34F3N3OS. The van der Waals surface area contributed by atoms with Crippen LogP contribution in [0.15, 0.2) is 95.2 Å². The minimum Gasteiger partial charge on any atom is -0.383 e. The summed E-state index contributed by atoms with van der Waals surface area (Å²) in [6.07, 6.45) is 5.95. The van der Waals surface area contributed by atoms with Gasteiger partial charge in [-0.15, -0.1) is 17.1 Å². The van der Waals surface area contributed by atoms with Gasteiger partial charge in [0, 0.05) is 25.2 Å². The van der Waals surface area contributed by atoms with Gasteiger partial charge in [-0.05, 0) is 86.2 Å². The number of hydrogen-bond acceptors (Lipinski definition) is 4. The molecule has 0 aliphatic rings. The molecule has 0 spiro atoms. The van der Waals surface area contributed by atoms with E-state index >= 15 is 0 Å². The molecule has 0 atom stereocenters. The molecule has 1 aromatic carbocycles. The third-order valence-electron chi connectivity index (χ3n) is 6.65. The fourth-order valence-corrected chi connectivity index (χ4v) is 5.47. The first-order valence-corrected chi connectivity index (χ1v) is 14.2. The van der Waals surface area contributed by atoms with Crippen molar-refractivity contribution >= 4 is 11.3 Å². The average molecular weight is 590 g/mol. The third-order valence-corrected chi connectivity index (χ3v) is 7.82. The molecule has 0 saturated carbocycles. The molecule has 0 unspecified atom stereocenters. The smallest absolute Gasteiger partial charge is 0.383 e. The highest BCUT2D eigenvalue weighted by molar-refractivity contribution is 7.15. The second-order valence-corrected chi connectivity index (χ2v) is 11.3. The maximum atomic E-state index is 13.9. The Kier molecular flexibility index (Phi) is 10.8. The fourth-order valence-electron chi connectivity index (χ4n) is 4.44. The van der Waals surface area contributed by atoms with Crippen LogP contribution in [0, 0.1) is 25.2 Å². The summed E-state index contributed by atoms with van der Waals surface area (Å²) in [4.78, 5) is 16.8. The first-order chi connectivity index (χ1) is 19.9. The Morgan fingerprint density at radius 3 is 2.48 bits per heavy atom. The van der Waals surface area contributed by atoms with E-state index in [9.17, 15) is 23.2 Å². The zero-order valence-corrected chi connectivity index (χ0v) is 25.3. The van der Waals surface area contributed by atoms with E-state index in [0.717, 1.165) is 38.8 Å². The normalized spacial score (nSPS) is 12.0. The Morgan fingerprint density at radius 1 is 1.14 bits per heavy atom. The van der Waals surface area contributed by atoms with E-state index in [1.54, 1.807) is 12.1 Å². The largest absolute Gasteiger partial charge is 0.417 e. The number of thiophene rings is 1. The molecule has 4 nitrogen and oxygen atoms in total. The molecule has 3 rings (SSSR count). The van der Waals surface area contributed by atoms with E-state index in [-0.39, 0.29) is 12.2 Å². The summed E-state index contributed by atoms with van der Waals surface area (Å²) in [5.41, 5.74) is 4.98. The topological polar surface area (TPSA) is 49.0 Å². The van der Waals surface area contributed by atoms with Gasteiger partial charge in [0.05, 0.1) is 22.7 Å². The van der Waals surface area contributed by atoms with Crippen molar-refractivity contribution in [1.82, 2.24) is 9.47 Å². The Balaban J connectivity index is 1.99. The first-order valence-electron chi connectivity index (χ1n) is 13.4. The Hall–Kier alpha value is -4.31. The van der Waals surface area contributed by atoms with Crippen LogP contribution in [0.3, 0.4) is 0 Å². The molecule has 0 aliphatic carbocycles. The number of alkyl halides is 3. The number of halogens is 3. The second kappa shape index (κ2) is 14.0. The van der Waals surface area contributed by atoms with Gasteiger partial charge in [-0.1, -0.05) is 42.5 Å². The van der Waals surface area contributed by atoms with E-state index in [1.807, 2.05) is 88.5 Å². The zero-order valence-electron chi connectivity index (χ0n) is 24.5. The van der Waals surface area contributed by atoms with Gasteiger partial charge in [-0.3, -0.25) is 4.79 Å². The Bertz CT molecular complexity index is 1690. The van der Waals surface area contributed by atoms with E-state index in [2.05, 4.69) is 12.3 Å². The van der Waals surface area contributed by atoms with Crippen LogP contribution in [0.2, 0.25) is 0 Å². The summed E-state index contributed by atoms with van der Waals surface area (Å²) in [7, 11) is 3.86. The van der Waals surface area contributed by atoms with Crippen molar-refractivity contribution in [2.75, 3.05) is 14.1 Å². The van der Waals surface area contributed by atoms with Gasteiger partial charge >= 0.3 is 6.18 Å². The van der Waals surface area contributed by atoms with Crippen molar-refractivity contribution in [1.29, 1.82) is 5.26 Å². The predicted octanol–water partition coefficient (Wildman–Crippen LogP) is 8.35. The van der Waals surface area contributed by atoms with Crippen molar-refractivity contribution in [2.45, 2.75) is 46.3 Å². The van der Waals surface area contributed by atoms with Crippen LogP contribution in [-0.2, 0) is 19.1 Å². The molecule has 0 saturated heterocycles. The van der Waals surface area contributed by atoms with Gasteiger partial charge in [0.15, 0.2) is 0 Å². The van der Waals surface area contributed by atoms with Crippen LogP contribution >= 0.6 is 11.3 Å². The molecular weight excluding hydrogens is 555 g/mol. The molecule has 8 heteroatoms. The lowest BCUT2D eigenvalue weighted by molar-refractivity contribution is -0.137. The lowest BCUT2D eigenvalue weighted by Gasteiger charge is -2.18. The Morgan fingerprint density at radius 2 is 1.88 bits per heavy atom. The summed E-state index contributed by atoms with van der Waals surface area (Å²) in [5, 5.41) is 9.51. The van der Waals surface area contributed by atoms with Gasteiger partial charge in [0.1, 0.15) is 11.6 Å². The van der Waals surface area contributed by atoms with Crippen molar-refractivity contribution in [3.63, 3.8) is 0 Å². The minimum absolute atomic E-state index is 0.0507. The number of nitriles is 1. The average Bonchev–Trinajstić information content (AvgIpc) is 3.40. The van der Waals surface area contributed by atoms with Crippen LogP contribution in [0.1, 0.15) is 46.0 Å². The fraction of sp³-hybridized carbons (Fsp3) is 0.265. The third kappa shape index (κ3) is 8.13. The summed E-state index contributed by atoms with van der Waals surface area (Å²) >= 11 is 1.34. The zero-order chi connectivity index (χ0) is 31.0. The van der Waals surface area contributed by atoms with Crippen LogP contribution in [-0.4, -0.2) is 23.6 Å². The maximum Gasteiger partial charge on any atom is 0.417 e. The number of aryl methyl sites for hydroxylation is 3. The number of benzene rings is 1. The van der Waals surface area contributed by atoms with Gasteiger partial charge in [-0.25, -0.2) is 0 Å². The molecule has 2 heterocycles. The highest BCUT2D eigenvalue weighted by atomic mass is 32.1. The van der Waals surface area contributed by atoms with E-state index < -0.39 is 22.9 Å². The van der Waals surface area contributed by atoms with Crippen molar-refractivity contribution in [2.24, 2.45) is 0 Å². The molecule has 0 N–H and O–H groups in total. The quantitative estimate of drug-likeness (QED) is 0.176. The number of rotatable bonds is 10. The lowest BCUT2D eigenvalue weighted by Crippen LogP contribution is -2.28. The summed E-state index contributed by atoms with van der Waals surface area (Å²) in [6, 6.07) is 11.8. The number of nitrogens with zero attached hydrogens (tertiary/aromatic N) is 3. The SMILES string of the molecule is C=C/C(C=C=C/C(=C\C)CCc1ccc(-c2cc(C(F)(F)F)c(C#N)c(=O)n2Cc2ccc(C)cc2C)s1)=C\N(C)C. The molecule has 42 heavy (non-hydrogen) atoms. The van der Waals surface area contributed by atoms with Crippen LogP contribution < -0.4 is 5.56 Å². The second-order valence-electron chi connectivity index (χ2n) is 10.1. The minimum atomic E-state index is -4.84. The number of aromatic nitrogens is 1. The first kappa shape index (κ1) is 32.2. The molecule has 0 bridgehead atoms. The monoisotopic (exact) mass is 589 g/mol. The standard InChI is InChI=1S/C34H34F3N3OS/c1-7-25(10-9-11-26(8-2)21-39(5)6)13-15-28-16-17-32(42-28)31-19-30(34(35,36)37)29(20-38)33(41)40(31)22-27-14-12-23(3)18-24(27)4/h7-8,10-12,14,16-19,21H,2,13,15,22H2,1,3-6H3/b25-7+,26-21+. The van der Waals surface area contributed by atoms with E-state index in [0.29, 0.717) is 17.7 Å². The molecule has 2 aromatic heterocycles. The summed E-state index contributed by atoms with van der Waals surface area (Å²) < 4.78 is 43.1. The van der Waals surface area contributed by atoms with Crippen LogP contribution in [0.25, 0.3) is 10.6 Å². The van der Waals surface area contributed by atoms with Gasteiger partial charge in [0.25, 0.3) is 5.56 Å². The Labute approximate surface area is 249 Å². The molecule has 0 radical (unpaired) electrons. The number of pyridine rings is 1. The van der Waals surface area contributed by atoms with E-state index in [4.69, 9.17) is 0 Å². The van der Waals surface area contributed by atoms with Crippen molar-refractivity contribution in [3.05, 3.63) is 133 Å². The molecule has 218 valence electrons. The lowest BCUT2D eigenvalue weighted by atomic mass is 10.0. The van der Waals surface area contributed by atoms with Crippen LogP contribution in [0.4, 0.5) is 13.2 Å². The molecule has 0 fully saturated rings. The van der Waals surface area contributed by atoms with Gasteiger partial charge in [0.2, 0.25) is 0 Å². The highest BCUT2D eigenvalue weighted by Gasteiger charge is 2.36. The van der Waals surface area contributed by atoms with Crippen LogP contribution in [0.5, 0.6) is 0 Å². The predicted molar refractivity (Wildman–Crippen MR) is 165 cm³/mol. The van der Waals surface area contributed by atoms with Gasteiger partial charge < -0.3 is 9.47 Å². The van der Waals surface area contributed by atoms with E-state index in [1.165, 1.54) is 22.0 Å². The highest BCUT2D eigenvalue weighted by Crippen LogP contribution is 2.36. The van der Waals surface area contributed by atoms with Crippen molar-refractivity contribution < 1.29 is 13.2 Å². The van der Waals surface area contributed by atoms with Crippen molar-refractivity contribution in [3.8, 4) is 16.6 Å². The molecule has 0 amide bonds. The summed E-state index contributed by atoms with van der Waals surface area (Å²) in [5.74, 6) is 0. The summed E-state index contributed by atoms with van der Waals surface area (Å²) in [6.45, 7) is 9.64.